The fourth-order valence-electron chi connectivity index (χ4n) is 3.00. The Morgan fingerprint density at radius 1 is 0.759 bits per heavy atom. The molecule has 0 radical (unpaired) electrons. The molecule has 5 nitrogen and oxygen atoms in total. The average molecular weight is 381 g/mol. The van der Waals surface area contributed by atoms with Crippen molar-refractivity contribution >= 4 is 5.97 Å². The lowest BCUT2D eigenvalue weighted by atomic mass is 10.0. The van der Waals surface area contributed by atoms with Crippen LogP contribution in [-0.2, 0) is 4.74 Å². The van der Waals surface area contributed by atoms with Crippen LogP contribution in [0.1, 0.15) is 17.3 Å². The van der Waals surface area contributed by atoms with Gasteiger partial charge < -0.3 is 4.74 Å². The number of ether oxygens (including phenoxy) is 1. The molecule has 4 rings (SSSR count). The van der Waals surface area contributed by atoms with Gasteiger partial charge in [-0.05, 0) is 66.6 Å². The Morgan fingerprint density at radius 3 is 1.83 bits per heavy atom. The summed E-state index contributed by atoms with van der Waals surface area (Å²) in [7, 11) is 0. The van der Waals surface area contributed by atoms with Crippen LogP contribution < -0.4 is 0 Å². The van der Waals surface area contributed by atoms with Crippen molar-refractivity contribution in [2.45, 2.75) is 6.92 Å². The predicted octanol–water partition coefficient (Wildman–Crippen LogP) is 5.05. The summed E-state index contributed by atoms with van der Waals surface area (Å²) in [6, 6.07) is 22.8. The first-order valence-electron chi connectivity index (χ1n) is 9.37. The topological polar surface area (TPSA) is 65.0 Å². The van der Waals surface area contributed by atoms with E-state index in [2.05, 4.69) is 9.97 Å². The third-order valence-electron chi connectivity index (χ3n) is 4.41. The largest absolute Gasteiger partial charge is 0.462 e. The fourth-order valence-corrected chi connectivity index (χ4v) is 3.00. The Balaban J connectivity index is 1.79. The van der Waals surface area contributed by atoms with Gasteiger partial charge in [0.25, 0.3) is 0 Å². The molecule has 1 aromatic carbocycles. The summed E-state index contributed by atoms with van der Waals surface area (Å²) in [4.78, 5) is 25.6. The van der Waals surface area contributed by atoms with Gasteiger partial charge in [-0.15, -0.1) is 0 Å². The van der Waals surface area contributed by atoms with Gasteiger partial charge in [-0.3, -0.25) is 9.97 Å². The molecule has 0 aliphatic heterocycles. The lowest BCUT2D eigenvalue weighted by molar-refractivity contribution is 0.0526. The SMILES string of the molecule is CCOC(=O)c1ccc(-c2cc(-c3ccccn3)nc(-c3ccccn3)c2)cc1. The van der Waals surface area contributed by atoms with Gasteiger partial charge in [0.15, 0.2) is 0 Å². The molecule has 0 spiro atoms. The Morgan fingerprint density at radius 2 is 1.34 bits per heavy atom. The summed E-state index contributed by atoms with van der Waals surface area (Å²) in [5.41, 5.74) is 5.56. The van der Waals surface area contributed by atoms with E-state index < -0.39 is 0 Å². The molecule has 0 N–H and O–H groups in total. The Labute approximate surface area is 169 Å². The molecule has 0 fully saturated rings. The normalized spacial score (nSPS) is 10.5. The van der Waals surface area contributed by atoms with E-state index in [1.807, 2.05) is 60.7 Å². The van der Waals surface area contributed by atoms with E-state index >= 15 is 0 Å². The maximum absolute atomic E-state index is 11.9. The molecule has 0 saturated heterocycles. The molecule has 0 aliphatic carbocycles. The first kappa shape index (κ1) is 18.5. The van der Waals surface area contributed by atoms with Crippen LogP contribution in [0.25, 0.3) is 33.9 Å². The quantitative estimate of drug-likeness (QED) is 0.453. The van der Waals surface area contributed by atoms with Crippen molar-refractivity contribution in [1.29, 1.82) is 0 Å². The van der Waals surface area contributed by atoms with Crippen LogP contribution in [0.15, 0.2) is 85.2 Å². The standard InChI is InChI=1S/C24H19N3O2/c1-2-29-24(28)18-11-9-17(10-12-18)19-15-22(20-7-3-5-13-25-20)27-23(16-19)21-8-4-6-14-26-21/h3-16H,2H2,1H3. The minimum Gasteiger partial charge on any atom is -0.462 e. The summed E-state index contributed by atoms with van der Waals surface area (Å²) in [5.74, 6) is -0.322. The number of aromatic nitrogens is 3. The monoisotopic (exact) mass is 381 g/mol. The molecule has 0 amide bonds. The maximum atomic E-state index is 11.9. The Bertz CT molecular complexity index is 1050. The smallest absolute Gasteiger partial charge is 0.338 e. The van der Waals surface area contributed by atoms with Gasteiger partial charge in [0.1, 0.15) is 0 Å². The Kier molecular flexibility index (Phi) is 5.38. The summed E-state index contributed by atoms with van der Waals surface area (Å²) < 4.78 is 5.06. The summed E-state index contributed by atoms with van der Waals surface area (Å²) in [6.45, 7) is 2.15. The lowest BCUT2D eigenvalue weighted by Gasteiger charge is -2.10. The number of pyridine rings is 3. The molecular weight excluding hydrogens is 362 g/mol. The van der Waals surface area contributed by atoms with E-state index in [0.29, 0.717) is 12.2 Å². The molecular formula is C24H19N3O2. The van der Waals surface area contributed by atoms with Crippen molar-refractivity contribution in [3.05, 3.63) is 90.8 Å². The van der Waals surface area contributed by atoms with E-state index in [9.17, 15) is 4.79 Å². The van der Waals surface area contributed by atoms with Crippen molar-refractivity contribution in [2.24, 2.45) is 0 Å². The second kappa shape index (κ2) is 8.44. The molecule has 3 heterocycles. The number of hydrogen-bond acceptors (Lipinski definition) is 5. The van der Waals surface area contributed by atoms with Crippen molar-refractivity contribution < 1.29 is 9.53 Å². The second-order valence-electron chi connectivity index (χ2n) is 6.35. The van der Waals surface area contributed by atoms with E-state index in [1.165, 1.54) is 0 Å². The molecule has 29 heavy (non-hydrogen) atoms. The molecule has 142 valence electrons. The molecule has 4 aromatic rings. The number of carbonyl (C=O) groups excluding carboxylic acids is 1. The highest BCUT2D eigenvalue weighted by Crippen LogP contribution is 2.29. The molecule has 0 aliphatic rings. The second-order valence-corrected chi connectivity index (χ2v) is 6.35. The Hall–Kier alpha value is -3.86. The summed E-state index contributed by atoms with van der Waals surface area (Å²) in [6.07, 6.45) is 3.50. The highest BCUT2D eigenvalue weighted by atomic mass is 16.5. The van der Waals surface area contributed by atoms with Gasteiger partial charge in [-0.25, -0.2) is 9.78 Å². The van der Waals surface area contributed by atoms with Gasteiger partial charge in [-0.1, -0.05) is 24.3 Å². The van der Waals surface area contributed by atoms with E-state index in [4.69, 9.17) is 9.72 Å². The fraction of sp³-hybridized carbons (Fsp3) is 0.0833. The van der Waals surface area contributed by atoms with Crippen LogP contribution in [0.5, 0.6) is 0 Å². The summed E-state index contributed by atoms with van der Waals surface area (Å²) >= 11 is 0. The zero-order chi connectivity index (χ0) is 20.1. The third-order valence-corrected chi connectivity index (χ3v) is 4.41. The van der Waals surface area contributed by atoms with E-state index in [1.54, 1.807) is 31.5 Å². The van der Waals surface area contributed by atoms with Crippen LogP contribution in [0, 0.1) is 0 Å². The maximum Gasteiger partial charge on any atom is 0.338 e. The minimum absolute atomic E-state index is 0.322. The van der Waals surface area contributed by atoms with Crippen molar-refractivity contribution in [3.8, 4) is 33.9 Å². The number of esters is 1. The van der Waals surface area contributed by atoms with Gasteiger partial charge in [0.2, 0.25) is 0 Å². The predicted molar refractivity (Wildman–Crippen MR) is 112 cm³/mol. The minimum atomic E-state index is -0.322. The molecule has 0 unspecified atom stereocenters. The van der Waals surface area contributed by atoms with Gasteiger partial charge in [-0.2, -0.15) is 0 Å². The van der Waals surface area contributed by atoms with Crippen LogP contribution >= 0.6 is 0 Å². The van der Waals surface area contributed by atoms with Crippen LogP contribution in [-0.4, -0.2) is 27.5 Å². The number of rotatable bonds is 5. The third kappa shape index (κ3) is 4.19. The molecule has 0 atom stereocenters. The molecule has 3 aromatic heterocycles. The van der Waals surface area contributed by atoms with Gasteiger partial charge in [0, 0.05) is 12.4 Å². The van der Waals surface area contributed by atoms with Gasteiger partial charge in [0.05, 0.1) is 34.9 Å². The van der Waals surface area contributed by atoms with Crippen molar-refractivity contribution in [2.75, 3.05) is 6.61 Å². The van der Waals surface area contributed by atoms with Crippen LogP contribution in [0.4, 0.5) is 0 Å². The van der Waals surface area contributed by atoms with Crippen LogP contribution in [0.3, 0.4) is 0 Å². The zero-order valence-electron chi connectivity index (χ0n) is 15.9. The van der Waals surface area contributed by atoms with Crippen molar-refractivity contribution in [3.63, 3.8) is 0 Å². The highest BCUT2D eigenvalue weighted by Gasteiger charge is 2.11. The first-order chi connectivity index (χ1) is 14.2. The van der Waals surface area contributed by atoms with Crippen LogP contribution in [0.2, 0.25) is 0 Å². The molecule has 0 bridgehead atoms. The molecule has 5 heteroatoms. The number of hydrogen-bond donors (Lipinski definition) is 0. The average Bonchev–Trinajstić information content (AvgIpc) is 2.80. The molecule has 0 saturated carbocycles. The van der Waals surface area contributed by atoms with E-state index in [-0.39, 0.29) is 5.97 Å². The summed E-state index contributed by atoms with van der Waals surface area (Å²) in [5, 5.41) is 0. The highest BCUT2D eigenvalue weighted by molar-refractivity contribution is 5.90. The zero-order valence-corrected chi connectivity index (χ0v) is 15.9. The first-order valence-corrected chi connectivity index (χ1v) is 9.37. The number of nitrogens with zero attached hydrogens (tertiary/aromatic N) is 3. The van der Waals surface area contributed by atoms with Gasteiger partial charge >= 0.3 is 5.97 Å². The number of benzene rings is 1. The number of carbonyl (C=O) groups is 1. The van der Waals surface area contributed by atoms with Crippen molar-refractivity contribution in [1.82, 2.24) is 15.0 Å². The van der Waals surface area contributed by atoms with E-state index in [0.717, 1.165) is 33.9 Å². The lowest BCUT2D eigenvalue weighted by Crippen LogP contribution is -2.04.